The molecule has 9 heteroatoms. The van der Waals surface area contributed by atoms with Crippen LogP contribution in [-0.4, -0.2) is 29.8 Å². The number of nitrogens with one attached hydrogen (secondary N) is 1. The van der Waals surface area contributed by atoms with Gasteiger partial charge in [-0.15, -0.1) is 0 Å². The van der Waals surface area contributed by atoms with Crippen molar-refractivity contribution in [1.82, 2.24) is 0 Å². The minimum atomic E-state index is -5.01. The van der Waals surface area contributed by atoms with Crippen LogP contribution in [0.25, 0.3) is 0 Å². The number of alkyl halides is 3. The second-order valence-corrected chi connectivity index (χ2v) is 4.23. The van der Waals surface area contributed by atoms with Gasteiger partial charge in [0.2, 0.25) is 0 Å². The van der Waals surface area contributed by atoms with Crippen LogP contribution in [-0.2, 0) is 9.59 Å². The van der Waals surface area contributed by atoms with E-state index in [0.29, 0.717) is 4.47 Å². The van der Waals surface area contributed by atoms with Gasteiger partial charge in [0.25, 0.3) is 0 Å². The van der Waals surface area contributed by atoms with Crippen molar-refractivity contribution in [2.45, 2.75) is 6.18 Å². The van der Waals surface area contributed by atoms with Crippen molar-refractivity contribution < 1.29 is 32.6 Å². The summed E-state index contributed by atoms with van der Waals surface area (Å²) in [7, 11) is 0. The van der Waals surface area contributed by atoms with Gasteiger partial charge in [-0.05, 0) is 12.1 Å². The minimum Gasteiger partial charge on any atom is -0.482 e. The van der Waals surface area contributed by atoms with Crippen LogP contribution in [0.3, 0.4) is 0 Å². The first-order valence-corrected chi connectivity index (χ1v) is 5.51. The Labute approximate surface area is 113 Å². The number of hydrogen-bond acceptors (Lipinski definition) is 3. The number of ether oxygens (including phenoxy) is 1. The molecule has 0 aromatic heterocycles. The molecular weight excluding hydrogens is 335 g/mol. The summed E-state index contributed by atoms with van der Waals surface area (Å²) in [4.78, 5) is 21.0. The molecule has 0 unspecified atom stereocenters. The summed E-state index contributed by atoms with van der Waals surface area (Å²) in [6, 6.07) is 3.65. The van der Waals surface area contributed by atoms with Crippen LogP contribution in [0.5, 0.6) is 5.75 Å². The zero-order chi connectivity index (χ0) is 14.6. The summed E-state index contributed by atoms with van der Waals surface area (Å²) in [5, 5.41) is 10.0. The summed E-state index contributed by atoms with van der Waals surface area (Å²) < 4.78 is 41.3. The normalized spacial score (nSPS) is 10.9. The molecule has 0 saturated carbocycles. The van der Waals surface area contributed by atoms with Gasteiger partial charge in [-0.2, -0.15) is 13.2 Å². The molecule has 1 amide bonds. The Morgan fingerprint density at radius 1 is 1.32 bits per heavy atom. The topological polar surface area (TPSA) is 75.6 Å². The summed E-state index contributed by atoms with van der Waals surface area (Å²) in [6.07, 6.45) is -5.01. The van der Waals surface area contributed by atoms with E-state index >= 15 is 0 Å². The lowest BCUT2D eigenvalue weighted by atomic mass is 10.3. The quantitative estimate of drug-likeness (QED) is 0.881. The molecule has 0 bridgehead atoms. The zero-order valence-electron chi connectivity index (χ0n) is 9.12. The van der Waals surface area contributed by atoms with E-state index in [0.717, 1.165) is 6.07 Å². The molecule has 0 aliphatic rings. The lowest BCUT2D eigenvalue weighted by Gasteiger charge is -2.10. The monoisotopic (exact) mass is 341 g/mol. The molecule has 0 aliphatic carbocycles. The minimum absolute atomic E-state index is 0.00856. The van der Waals surface area contributed by atoms with Crippen LogP contribution in [0.2, 0.25) is 0 Å². The number of amides is 1. The first-order chi connectivity index (χ1) is 8.68. The Morgan fingerprint density at radius 3 is 2.47 bits per heavy atom. The van der Waals surface area contributed by atoms with E-state index in [-0.39, 0.29) is 11.4 Å². The number of rotatable bonds is 4. The van der Waals surface area contributed by atoms with Gasteiger partial charge < -0.3 is 15.2 Å². The number of carbonyl (C=O) groups excluding carboxylic acids is 1. The van der Waals surface area contributed by atoms with E-state index in [2.05, 4.69) is 15.9 Å². The average Bonchev–Trinajstić information content (AvgIpc) is 2.24. The van der Waals surface area contributed by atoms with Gasteiger partial charge in [-0.3, -0.25) is 4.79 Å². The van der Waals surface area contributed by atoms with Crippen LogP contribution >= 0.6 is 15.9 Å². The van der Waals surface area contributed by atoms with Crippen molar-refractivity contribution in [3.63, 3.8) is 0 Å². The molecule has 0 radical (unpaired) electrons. The molecule has 1 aromatic carbocycles. The summed E-state index contributed by atoms with van der Waals surface area (Å²) >= 11 is 3.00. The molecular formula is C10H7BrF3NO4. The van der Waals surface area contributed by atoms with Crippen molar-refractivity contribution in [1.29, 1.82) is 0 Å². The van der Waals surface area contributed by atoms with Crippen LogP contribution in [0.1, 0.15) is 0 Å². The highest BCUT2D eigenvalue weighted by molar-refractivity contribution is 9.10. The highest BCUT2D eigenvalue weighted by Gasteiger charge is 2.38. The molecule has 0 atom stereocenters. The van der Waals surface area contributed by atoms with Crippen molar-refractivity contribution in [2.75, 3.05) is 11.9 Å². The fourth-order valence-electron chi connectivity index (χ4n) is 1.07. The largest absolute Gasteiger partial charge is 0.482 e. The lowest BCUT2D eigenvalue weighted by molar-refractivity contribution is -0.167. The summed E-state index contributed by atoms with van der Waals surface area (Å²) in [5.41, 5.74) is -0.169. The van der Waals surface area contributed by atoms with Crippen LogP contribution in [0.4, 0.5) is 18.9 Å². The summed E-state index contributed by atoms with van der Waals surface area (Å²) in [6.45, 7) is -0.650. The highest BCUT2D eigenvalue weighted by atomic mass is 79.9. The Hall–Kier alpha value is -1.77. The molecule has 1 aromatic rings. The second-order valence-electron chi connectivity index (χ2n) is 3.31. The van der Waals surface area contributed by atoms with E-state index in [4.69, 9.17) is 9.84 Å². The zero-order valence-corrected chi connectivity index (χ0v) is 10.7. The van der Waals surface area contributed by atoms with Gasteiger partial charge in [-0.25, -0.2) is 4.79 Å². The Kier molecular flexibility index (Phi) is 4.76. The third-order valence-corrected chi connectivity index (χ3v) is 2.21. The molecule has 0 spiro atoms. The maximum Gasteiger partial charge on any atom is 0.471 e. The number of halogens is 4. The van der Waals surface area contributed by atoms with Gasteiger partial charge in [0.15, 0.2) is 6.61 Å². The van der Waals surface area contributed by atoms with E-state index < -0.39 is 24.7 Å². The number of carbonyl (C=O) groups is 2. The molecule has 0 heterocycles. The molecule has 5 nitrogen and oxygen atoms in total. The van der Waals surface area contributed by atoms with Gasteiger partial charge in [0.1, 0.15) is 5.75 Å². The lowest BCUT2D eigenvalue weighted by Crippen LogP contribution is -2.29. The van der Waals surface area contributed by atoms with Crippen molar-refractivity contribution in [3.05, 3.63) is 22.7 Å². The van der Waals surface area contributed by atoms with Crippen LogP contribution in [0.15, 0.2) is 22.7 Å². The Bertz CT molecular complexity index is 504. The smallest absolute Gasteiger partial charge is 0.471 e. The predicted octanol–water partition coefficient (Wildman–Crippen LogP) is 2.41. The molecule has 0 aliphatic heterocycles. The molecule has 1 rings (SSSR count). The molecule has 104 valence electrons. The third kappa shape index (κ3) is 5.16. The van der Waals surface area contributed by atoms with Crippen molar-refractivity contribution in [2.24, 2.45) is 0 Å². The molecule has 0 saturated heterocycles. The number of hydrogen-bond donors (Lipinski definition) is 2. The van der Waals surface area contributed by atoms with Gasteiger partial charge in [0, 0.05) is 16.2 Å². The standard InChI is InChI=1S/C10H7BrF3NO4/c11-5-1-6(15-9(18)10(12,13)14)3-7(2-5)19-4-8(16)17/h1-3H,4H2,(H,15,18)(H,16,17). The van der Waals surface area contributed by atoms with Crippen molar-refractivity contribution in [3.8, 4) is 5.75 Å². The van der Waals surface area contributed by atoms with Gasteiger partial charge >= 0.3 is 18.1 Å². The predicted molar refractivity (Wildman–Crippen MR) is 62.0 cm³/mol. The SMILES string of the molecule is O=C(O)COc1cc(Br)cc(NC(=O)C(F)(F)F)c1. The van der Waals surface area contributed by atoms with Gasteiger partial charge in [-0.1, -0.05) is 15.9 Å². The number of carboxylic acids is 1. The molecule has 2 N–H and O–H groups in total. The highest BCUT2D eigenvalue weighted by Crippen LogP contribution is 2.26. The maximum atomic E-state index is 12.1. The average molecular weight is 342 g/mol. The first-order valence-electron chi connectivity index (χ1n) is 4.72. The number of benzene rings is 1. The van der Waals surface area contributed by atoms with Gasteiger partial charge in [0.05, 0.1) is 0 Å². The van der Waals surface area contributed by atoms with E-state index in [1.165, 1.54) is 12.1 Å². The number of aliphatic carboxylic acids is 1. The van der Waals surface area contributed by atoms with Crippen LogP contribution < -0.4 is 10.1 Å². The fraction of sp³-hybridized carbons (Fsp3) is 0.200. The molecule has 0 fully saturated rings. The van der Waals surface area contributed by atoms with Crippen molar-refractivity contribution >= 4 is 33.5 Å². The fourth-order valence-corrected chi connectivity index (χ4v) is 1.54. The second kappa shape index (κ2) is 5.91. The third-order valence-electron chi connectivity index (χ3n) is 1.75. The summed E-state index contributed by atoms with van der Waals surface area (Å²) in [5.74, 6) is -3.36. The first kappa shape index (κ1) is 15.3. The number of anilines is 1. The molecule has 19 heavy (non-hydrogen) atoms. The Balaban J connectivity index is 2.85. The maximum absolute atomic E-state index is 12.1. The van der Waals surface area contributed by atoms with Crippen LogP contribution in [0, 0.1) is 0 Å². The Morgan fingerprint density at radius 2 is 1.95 bits per heavy atom. The van der Waals surface area contributed by atoms with E-state index in [1.54, 1.807) is 5.32 Å². The van der Waals surface area contributed by atoms with E-state index in [1.807, 2.05) is 0 Å². The number of carboxylic acid groups (broad SMARTS) is 1. The van der Waals surface area contributed by atoms with E-state index in [9.17, 15) is 22.8 Å².